The maximum atomic E-state index is 12.1. The zero-order valence-corrected chi connectivity index (χ0v) is 12.3. The minimum absolute atomic E-state index is 0. The molecule has 0 saturated carbocycles. The third-order valence-electron chi connectivity index (χ3n) is 3.77. The Morgan fingerprint density at radius 1 is 1.21 bits per heavy atom. The van der Waals surface area contributed by atoms with Gasteiger partial charge in [-0.1, -0.05) is 0 Å². The van der Waals surface area contributed by atoms with E-state index >= 15 is 0 Å². The summed E-state index contributed by atoms with van der Waals surface area (Å²) in [5.74, 6) is 0.0198. The average Bonchev–Trinajstić information content (AvgIpc) is 2.92. The van der Waals surface area contributed by atoms with E-state index in [2.05, 4.69) is 10.6 Å². The molecule has 1 unspecified atom stereocenters. The monoisotopic (exact) mass is 289 g/mol. The van der Waals surface area contributed by atoms with Crippen molar-refractivity contribution in [3.63, 3.8) is 0 Å². The normalized spacial score (nSPS) is 24.5. The number of amides is 2. The summed E-state index contributed by atoms with van der Waals surface area (Å²) in [6.45, 7) is 4.35. The minimum atomic E-state index is -0.405. The quantitative estimate of drug-likeness (QED) is 0.803. The van der Waals surface area contributed by atoms with Gasteiger partial charge in [0.05, 0.1) is 6.04 Å². The lowest BCUT2D eigenvalue weighted by molar-refractivity contribution is -0.137. The molecular weight excluding hydrogens is 266 g/mol. The molecule has 0 aromatic heterocycles. The van der Waals surface area contributed by atoms with Crippen LogP contribution in [0.15, 0.2) is 0 Å². The molecule has 0 aliphatic carbocycles. The van der Waals surface area contributed by atoms with Crippen LogP contribution in [-0.4, -0.2) is 48.4 Å². The van der Waals surface area contributed by atoms with Crippen LogP contribution >= 0.6 is 12.4 Å². The molecule has 2 saturated heterocycles. The molecule has 2 fully saturated rings. The molecule has 110 valence electrons. The fourth-order valence-corrected chi connectivity index (χ4v) is 2.67. The van der Waals surface area contributed by atoms with Crippen LogP contribution < -0.4 is 10.6 Å². The number of nitrogens with zero attached hydrogens (tertiary/aromatic N) is 1. The van der Waals surface area contributed by atoms with Crippen molar-refractivity contribution in [2.24, 2.45) is 0 Å². The standard InChI is InChI=1S/C13H23N3O2.ClH/c1-10(13(18)16-8-3-2-4-9-16)15-12(17)11-6-5-7-14-11;/h10-11,14H,2-9H2,1H3,(H,15,17);1H/t10-,11?;/m0./s1. The summed E-state index contributed by atoms with van der Waals surface area (Å²) in [4.78, 5) is 25.9. The van der Waals surface area contributed by atoms with Gasteiger partial charge in [-0.2, -0.15) is 0 Å². The first-order chi connectivity index (χ1) is 8.68. The SMILES string of the molecule is C[C@H](NC(=O)C1CCCN1)C(=O)N1CCCCC1.Cl. The van der Waals surface area contributed by atoms with E-state index in [1.165, 1.54) is 6.42 Å². The van der Waals surface area contributed by atoms with Gasteiger partial charge in [0, 0.05) is 13.1 Å². The first kappa shape index (κ1) is 16.2. The highest BCUT2D eigenvalue weighted by atomic mass is 35.5. The fraction of sp³-hybridized carbons (Fsp3) is 0.846. The molecule has 0 bridgehead atoms. The molecule has 0 spiro atoms. The first-order valence-corrected chi connectivity index (χ1v) is 7.01. The summed E-state index contributed by atoms with van der Waals surface area (Å²) < 4.78 is 0. The van der Waals surface area contributed by atoms with Crippen LogP contribution in [0.4, 0.5) is 0 Å². The molecule has 2 aliphatic heterocycles. The molecule has 0 aromatic carbocycles. The van der Waals surface area contributed by atoms with Gasteiger partial charge >= 0.3 is 0 Å². The summed E-state index contributed by atoms with van der Waals surface area (Å²) in [5, 5.41) is 5.97. The predicted octanol–water partition coefficient (Wildman–Crippen LogP) is 0.677. The van der Waals surface area contributed by atoms with E-state index in [1.54, 1.807) is 6.92 Å². The lowest BCUT2D eigenvalue weighted by Gasteiger charge is -2.29. The van der Waals surface area contributed by atoms with Gasteiger partial charge in [0.1, 0.15) is 6.04 Å². The number of carbonyl (C=O) groups is 2. The number of rotatable bonds is 3. The Morgan fingerprint density at radius 2 is 1.89 bits per heavy atom. The van der Waals surface area contributed by atoms with E-state index in [9.17, 15) is 9.59 Å². The lowest BCUT2D eigenvalue weighted by Crippen LogP contribution is -2.52. The maximum absolute atomic E-state index is 12.1. The highest BCUT2D eigenvalue weighted by molar-refractivity contribution is 5.89. The zero-order chi connectivity index (χ0) is 13.0. The largest absolute Gasteiger partial charge is 0.343 e. The Balaban J connectivity index is 0.00000180. The molecule has 6 heteroatoms. The zero-order valence-electron chi connectivity index (χ0n) is 11.5. The van der Waals surface area contributed by atoms with Crippen molar-refractivity contribution in [1.29, 1.82) is 0 Å². The molecule has 0 aromatic rings. The number of halogens is 1. The Bertz CT molecular complexity index is 313. The summed E-state index contributed by atoms with van der Waals surface area (Å²) >= 11 is 0. The van der Waals surface area contributed by atoms with Crippen molar-refractivity contribution in [3.05, 3.63) is 0 Å². The van der Waals surface area contributed by atoms with Gasteiger partial charge in [0.2, 0.25) is 11.8 Å². The van der Waals surface area contributed by atoms with E-state index in [1.807, 2.05) is 4.90 Å². The van der Waals surface area contributed by atoms with Crippen molar-refractivity contribution in [2.45, 2.75) is 51.1 Å². The lowest BCUT2D eigenvalue weighted by atomic mass is 10.1. The summed E-state index contributed by atoms with van der Waals surface area (Å²) in [5.41, 5.74) is 0. The molecule has 2 heterocycles. The van der Waals surface area contributed by atoms with E-state index in [0.29, 0.717) is 0 Å². The number of carbonyl (C=O) groups excluding carboxylic acids is 2. The third-order valence-corrected chi connectivity index (χ3v) is 3.77. The van der Waals surface area contributed by atoms with Crippen LogP contribution in [-0.2, 0) is 9.59 Å². The number of piperidine rings is 1. The van der Waals surface area contributed by atoms with Crippen LogP contribution in [0, 0.1) is 0 Å². The maximum Gasteiger partial charge on any atom is 0.244 e. The van der Waals surface area contributed by atoms with Gasteiger partial charge in [0.15, 0.2) is 0 Å². The Kier molecular flexibility index (Phi) is 6.58. The van der Waals surface area contributed by atoms with Crippen LogP contribution in [0.3, 0.4) is 0 Å². The summed E-state index contributed by atoms with van der Waals surface area (Å²) in [6.07, 6.45) is 5.27. The highest BCUT2D eigenvalue weighted by Crippen LogP contribution is 2.10. The highest BCUT2D eigenvalue weighted by Gasteiger charge is 2.27. The topological polar surface area (TPSA) is 61.4 Å². The molecule has 19 heavy (non-hydrogen) atoms. The van der Waals surface area contributed by atoms with Crippen molar-refractivity contribution in [2.75, 3.05) is 19.6 Å². The van der Waals surface area contributed by atoms with E-state index < -0.39 is 6.04 Å². The van der Waals surface area contributed by atoms with Gasteiger partial charge in [0.25, 0.3) is 0 Å². The Morgan fingerprint density at radius 3 is 2.47 bits per heavy atom. The fourth-order valence-electron chi connectivity index (χ4n) is 2.67. The van der Waals surface area contributed by atoms with Crippen molar-refractivity contribution >= 4 is 24.2 Å². The molecule has 2 amide bonds. The first-order valence-electron chi connectivity index (χ1n) is 7.01. The second-order valence-corrected chi connectivity index (χ2v) is 5.27. The van der Waals surface area contributed by atoms with Crippen LogP contribution in [0.5, 0.6) is 0 Å². The third kappa shape index (κ3) is 4.35. The van der Waals surface area contributed by atoms with Crippen molar-refractivity contribution < 1.29 is 9.59 Å². The average molecular weight is 290 g/mol. The summed E-state index contributed by atoms with van der Waals surface area (Å²) in [7, 11) is 0. The Labute approximate surface area is 120 Å². The second kappa shape index (κ2) is 7.70. The van der Waals surface area contributed by atoms with Gasteiger partial charge < -0.3 is 15.5 Å². The second-order valence-electron chi connectivity index (χ2n) is 5.27. The molecule has 2 aliphatic rings. The van der Waals surface area contributed by atoms with Crippen LogP contribution in [0.1, 0.15) is 39.0 Å². The van der Waals surface area contributed by atoms with Gasteiger partial charge in [-0.3, -0.25) is 9.59 Å². The molecule has 0 radical (unpaired) electrons. The van der Waals surface area contributed by atoms with Gasteiger partial charge in [-0.25, -0.2) is 0 Å². The molecular formula is C13H24ClN3O2. The number of likely N-dealkylation sites (tertiary alicyclic amines) is 1. The van der Waals surface area contributed by atoms with Gasteiger partial charge in [-0.15, -0.1) is 12.4 Å². The molecule has 2 atom stereocenters. The van der Waals surface area contributed by atoms with E-state index in [4.69, 9.17) is 0 Å². The molecule has 2 N–H and O–H groups in total. The smallest absolute Gasteiger partial charge is 0.244 e. The summed E-state index contributed by atoms with van der Waals surface area (Å²) in [6, 6.07) is -0.514. The number of hydrogen-bond acceptors (Lipinski definition) is 3. The molecule has 5 nitrogen and oxygen atoms in total. The van der Waals surface area contributed by atoms with Gasteiger partial charge in [-0.05, 0) is 45.6 Å². The Hall–Kier alpha value is -0.810. The van der Waals surface area contributed by atoms with Crippen LogP contribution in [0.25, 0.3) is 0 Å². The van der Waals surface area contributed by atoms with Crippen molar-refractivity contribution in [3.8, 4) is 0 Å². The van der Waals surface area contributed by atoms with E-state index in [0.717, 1.165) is 45.3 Å². The van der Waals surface area contributed by atoms with Crippen molar-refractivity contribution in [1.82, 2.24) is 15.5 Å². The minimum Gasteiger partial charge on any atom is -0.343 e. The number of nitrogens with one attached hydrogen (secondary N) is 2. The predicted molar refractivity (Wildman–Crippen MR) is 76.3 cm³/mol. The molecule has 2 rings (SSSR count). The number of hydrogen-bond donors (Lipinski definition) is 2. The van der Waals surface area contributed by atoms with E-state index in [-0.39, 0.29) is 30.3 Å². The van der Waals surface area contributed by atoms with Crippen LogP contribution in [0.2, 0.25) is 0 Å².